The third kappa shape index (κ3) is 4.53. The van der Waals surface area contributed by atoms with Crippen LogP contribution in [0.1, 0.15) is 35.5 Å². The van der Waals surface area contributed by atoms with Crippen LogP contribution in [0.25, 0.3) is 17.0 Å². The first kappa shape index (κ1) is 23.8. The van der Waals surface area contributed by atoms with Gasteiger partial charge in [0, 0.05) is 24.9 Å². The highest BCUT2D eigenvalue weighted by molar-refractivity contribution is 7.80. The first-order chi connectivity index (χ1) is 16.3. The van der Waals surface area contributed by atoms with Gasteiger partial charge in [-0.25, -0.2) is 4.39 Å². The maximum Gasteiger partial charge on any atom is 0.258 e. The third-order valence-corrected chi connectivity index (χ3v) is 6.38. The molecule has 0 saturated heterocycles. The van der Waals surface area contributed by atoms with Crippen LogP contribution in [0.4, 0.5) is 4.39 Å². The average molecular weight is 483 g/mol. The topological polar surface area (TPSA) is 72.7 Å². The van der Waals surface area contributed by atoms with E-state index in [9.17, 15) is 4.39 Å². The third-order valence-electron chi connectivity index (χ3n) is 6.05. The van der Waals surface area contributed by atoms with Gasteiger partial charge in [0.05, 0.1) is 25.3 Å². The smallest absolute Gasteiger partial charge is 0.258 e. The fourth-order valence-electron chi connectivity index (χ4n) is 3.96. The molecule has 4 rings (SSSR count). The number of benzene rings is 2. The molecule has 178 valence electrons. The number of thiocarbonyl (C=S) groups is 1. The summed E-state index contributed by atoms with van der Waals surface area (Å²) < 4.78 is 30.2. The second kappa shape index (κ2) is 9.90. The number of nitrogens with one attached hydrogen (secondary N) is 1. The number of aryl methyl sites for hydroxylation is 2. The zero-order chi connectivity index (χ0) is 24.4. The molecule has 0 amide bonds. The minimum atomic E-state index is -0.495. The maximum absolute atomic E-state index is 14.3. The van der Waals surface area contributed by atoms with Crippen molar-refractivity contribution in [3.63, 3.8) is 0 Å². The van der Waals surface area contributed by atoms with E-state index in [2.05, 4.69) is 47.5 Å². The van der Waals surface area contributed by atoms with Gasteiger partial charge >= 0.3 is 0 Å². The van der Waals surface area contributed by atoms with E-state index >= 15 is 0 Å². The van der Waals surface area contributed by atoms with Gasteiger partial charge in [0.15, 0.2) is 16.7 Å². The summed E-state index contributed by atoms with van der Waals surface area (Å²) in [6.07, 6.45) is 0. The summed E-state index contributed by atoms with van der Waals surface area (Å²) in [5.41, 5.74) is 5.59. The number of halogens is 1. The van der Waals surface area contributed by atoms with E-state index in [1.807, 2.05) is 11.8 Å². The van der Waals surface area contributed by atoms with Crippen LogP contribution in [-0.2, 0) is 4.74 Å². The number of hydrogen-bond acceptors (Lipinski definition) is 6. The van der Waals surface area contributed by atoms with Crippen LogP contribution in [0, 0.1) is 19.7 Å². The zero-order valence-electron chi connectivity index (χ0n) is 19.8. The number of allylic oxidation sites excluding steroid dienone is 1. The fourth-order valence-corrected chi connectivity index (χ4v) is 4.31. The van der Waals surface area contributed by atoms with Crippen molar-refractivity contribution in [1.29, 1.82) is 0 Å². The molecule has 0 fully saturated rings. The van der Waals surface area contributed by atoms with Gasteiger partial charge in [0.2, 0.25) is 5.82 Å². The van der Waals surface area contributed by atoms with Crippen LogP contribution < -0.4 is 10.1 Å². The summed E-state index contributed by atoms with van der Waals surface area (Å²) in [6.45, 7) is 7.20. The largest absolute Gasteiger partial charge is 0.494 e. The highest BCUT2D eigenvalue weighted by atomic mass is 32.1. The van der Waals surface area contributed by atoms with Crippen molar-refractivity contribution in [3.8, 4) is 17.1 Å². The SMILES string of the molecule is COCCN1C(=S)NC(c2ccc(C)c(C)c2)C(c2nc(-c3ccc(OC)c(F)c3)no2)=C1C. The van der Waals surface area contributed by atoms with E-state index in [-0.39, 0.29) is 17.6 Å². The molecule has 0 aliphatic carbocycles. The van der Waals surface area contributed by atoms with E-state index in [4.69, 9.17) is 26.2 Å². The van der Waals surface area contributed by atoms with Gasteiger partial charge < -0.3 is 24.2 Å². The fraction of sp³-hybridized carbons (Fsp3) is 0.320. The van der Waals surface area contributed by atoms with Gasteiger partial charge in [-0.1, -0.05) is 23.4 Å². The average Bonchev–Trinajstić information content (AvgIpc) is 3.30. The van der Waals surface area contributed by atoms with E-state index in [1.165, 1.54) is 30.4 Å². The molecular weight excluding hydrogens is 455 g/mol. The normalized spacial score (nSPS) is 16.1. The van der Waals surface area contributed by atoms with Gasteiger partial charge in [0.1, 0.15) is 0 Å². The van der Waals surface area contributed by atoms with Crippen molar-refractivity contribution in [2.75, 3.05) is 27.4 Å². The standard InChI is InChI=1S/C25H27FN4O3S/c1-14-6-7-17(12-15(14)2)22-21(16(3)30(10-11-31-4)25(34)27-22)24-28-23(29-33-24)18-8-9-20(32-5)19(26)13-18/h6-9,12-13,22H,10-11H2,1-5H3,(H,27,34). The molecule has 7 nitrogen and oxygen atoms in total. The minimum Gasteiger partial charge on any atom is -0.494 e. The second-order valence-corrected chi connectivity index (χ2v) is 8.53. The van der Waals surface area contributed by atoms with Gasteiger partial charge in [0.25, 0.3) is 5.89 Å². The van der Waals surface area contributed by atoms with Crippen LogP contribution in [0.5, 0.6) is 5.75 Å². The van der Waals surface area contributed by atoms with Gasteiger partial charge in [-0.2, -0.15) is 4.98 Å². The lowest BCUT2D eigenvalue weighted by Gasteiger charge is -2.37. The van der Waals surface area contributed by atoms with Crippen LogP contribution in [0.15, 0.2) is 46.6 Å². The van der Waals surface area contributed by atoms with Gasteiger partial charge in [-0.05, 0) is 67.9 Å². The lowest BCUT2D eigenvalue weighted by atomic mass is 9.92. The van der Waals surface area contributed by atoms with Crippen molar-refractivity contribution in [3.05, 3.63) is 70.5 Å². The van der Waals surface area contributed by atoms with Crippen molar-refractivity contribution in [2.45, 2.75) is 26.8 Å². The molecule has 2 aromatic carbocycles. The first-order valence-electron chi connectivity index (χ1n) is 10.9. The number of methoxy groups -OCH3 is 2. The zero-order valence-corrected chi connectivity index (χ0v) is 20.6. The summed E-state index contributed by atoms with van der Waals surface area (Å²) >= 11 is 5.68. The van der Waals surface area contributed by atoms with Crippen molar-refractivity contribution in [2.24, 2.45) is 0 Å². The molecule has 3 aromatic rings. The number of nitrogens with zero attached hydrogens (tertiary/aromatic N) is 3. The second-order valence-electron chi connectivity index (χ2n) is 8.14. The Labute approximate surface area is 203 Å². The highest BCUT2D eigenvalue weighted by Gasteiger charge is 2.34. The van der Waals surface area contributed by atoms with Gasteiger partial charge in [-0.15, -0.1) is 0 Å². The monoisotopic (exact) mass is 482 g/mol. The molecule has 0 bridgehead atoms. The number of hydrogen-bond donors (Lipinski definition) is 1. The number of rotatable bonds is 7. The molecule has 1 atom stereocenters. The Bertz CT molecular complexity index is 1260. The predicted molar refractivity (Wildman–Crippen MR) is 132 cm³/mol. The lowest BCUT2D eigenvalue weighted by molar-refractivity contribution is 0.183. The molecule has 1 N–H and O–H groups in total. The minimum absolute atomic E-state index is 0.152. The van der Waals surface area contributed by atoms with Crippen molar-refractivity contribution >= 4 is 22.9 Å². The summed E-state index contributed by atoms with van der Waals surface area (Å²) in [6, 6.07) is 10.5. The molecule has 0 radical (unpaired) electrons. The molecule has 1 aliphatic rings. The summed E-state index contributed by atoms with van der Waals surface area (Å²) in [5.74, 6) is 0.279. The molecule has 9 heteroatoms. The van der Waals surface area contributed by atoms with E-state index < -0.39 is 5.82 Å². The maximum atomic E-state index is 14.3. The number of aromatic nitrogens is 2. The summed E-state index contributed by atoms with van der Waals surface area (Å²) in [5, 5.41) is 8.15. The van der Waals surface area contributed by atoms with Crippen molar-refractivity contribution < 1.29 is 18.4 Å². The predicted octanol–water partition coefficient (Wildman–Crippen LogP) is 4.81. The Hall–Kier alpha value is -3.30. The first-order valence-corrected chi connectivity index (χ1v) is 11.3. The summed E-state index contributed by atoms with van der Waals surface area (Å²) in [4.78, 5) is 6.58. The van der Waals surface area contributed by atoms with E-state index in [0.29, 0.717) is 29.7 Å². The summed E-state index contributed by atoms with van der Waals surface area (Å²) in [7, 11) is 3.07. The Morgan fingerprint density at radius 1 is 1.12 bits per heavy atom. The van der Waals surface area contributed by atoms with Gasteiger partial charge in [-0.3, -0.25) is 0 Å². The van der Waals surface area contributed by atoms with Crippen molar-refractivity contribution in [1.82, 2.24) is 20.4 Å². The molecule has 2 heterocycles. The molecular formula is C25H27FN4O3S. The Kier molecular flexibility index (Phi) is 6.95. The molecule has 1 aromatic heterocycles. The lowest BCUT2D eigenvalue weighted by Crippen LogP contribution is -2.47. The van der Waals surface area contributed by atoms with Crippen LogP contribution in [0.2, 0.25) is 0 Å². The molecule has 1 unspecified atom stereocenters. The Morgan fingerprint density at radius 3 is 2.59 bits per heavy atom. The molecule has 1 aliphatic heterocycles. The van der Waals surface area contributed by atoms with E-state index in [0.717, 1.165) is 16.8 Å². The Morgan fingerprint density at radius 2 is 1.91 bits per heavy atom. The quantitative estimate of drug-likeness (QED) is 0.481. The van der Waals surface area contributed by atoms with E-state index in [1.54, 1.807) is 13.2 Å². The van der Waals surface area contributed by atoms with Crippen LogP contribution in [-0.4, -0.2) is 47.5 Å². The molecule has 34 heavy (non-hydrogen) atoms. The van der Waals surface area contributed by atoms with Crippen LogP contribution in [0.3, 0.4) is 0 Å². The highest BCUT2D eigenvalue weighted by Crippen LogP contribution is 2.38. The molecule has 0 spiro atoms. The number of ether oxygens (including phenoxy) is 2. The molecule has 0 saturated carbocycles. The Balaban J connectivity index is 1.80. The van der Waals surface area contributed by atoms with Crippen LogP contribution >= 0.6 is 12.2 Å².